The molecule has 0 spiro atoms. The van der Waals surface area contributed by atoms with Crippen LogP contribution in [0.5, 0.6) is 0 Å². The molecule has 0 saturated heterocycles. The van der Waals surface area contributed by atoms with E-state index in [1.165, 1.54) is 16.7 Å². The van der Waals surface area contributed by atoms with Gasteiger partial charge < -0.3 is 9.88 Å². The van der Waals surface area contributed by atoms with Crippen LogP contribution >= 0.6 is 0 Å². The molecule has 4 aromatic rings. The molecule has 0 aliphatic heterocycles. The molecule has 0 atom stereocenters. The molecule has 0 radical (unpaired) electrons. The highest BCUT2D eigenvalue weighted by molar-refractivity contribution is 5.75. The number of benzene rings is 1. The maximum atomic E-state index is 4.87. The molecule has 0 fully saturated rings. The average Bonchev–Trinajstić information content (AvgIpc) is 3.28. The van der Waals surface area contributed by atoms with Crippen molar-refractivity contribution in [2.75, 3.05) is 11.9 Å². The molecule has 0 amide bonds. The van der Waals surface area contributed by atoms with Crippen molar-refractivity contribution in [2.24, 2.45) is 7.05 Å². The highest BCUT2D eigenvalue weighted by Gasteiger charge is 2.17. The van der Waals surface area contributed by atoms with Gasteiger partial charge in [0, 0.05) is 26.4 Å². The molecule has 0 aliphatic rings. The van der Waals surface area contributed by atoms with Crippen molar-refractivity contribution in [3.63, 3.8) is 0 Å². The first kappa shape index (κ1) is 21.0. The van der Waals surface area contributed by atoms with Crippen molar-refractivity contribution >= 4 is 17.1 Å². The second kappa shape index (κ2) is 8.09. The lowest BCUT2D eigenvalue weighted by molar-refractivity contribution is 0.589. The van der Waals surface area contributed by atoms with E-state index in [1.54, 1.807) is 6.33 Å². The maximum absolute atomic E-state index is 4.87. The van der Waals surface area contributed by atoms with Crippen molar-refractivity contribution in [3.8, 4) is 0 Å². The Hall–Kier alpha value is -3.29. The summed E-state index contributed by atoms with van der Waals surface area (Å²) in [5, 5.41) is 10.4. The van der Waals surface area contributed by atoms with Crippen LogP contribution in [0.15, 0.2) is 24.5 Å². The Morgan fingerprint density at radius 3 is 2.61 bits per heavy atom. The summed E-state index contributed by atoms with van der Waals surface area (Å²) >= 11 is 0. The third-order valence-corrected chi connectivity index (χ3v) is 5.49. The number of H-pyrrole nitrogens is 1. The Labute approximate surface area is 182 Å². The third-order valence-electron chi connectivity index (χ3n) is 5.49. The summed E-state index contributed by atoms with van der Waals surface area (Å²) in [4.78, 5) is 18.3. The zero-order chi connectivity index (χ0) is 22.2. The van der Waals surface area contributed by atoms with E-state index < -0.39 is 0 Å². The minimum atomic E-state index is 0.0986. The Morgan fingerprint density at radius 1 is 1.10 bits per heavy atom. The second-order valence-corrected chi connectivity index (χ2v) is 9.10. The summed E-state index contributed by atoms with van der Waals surface area (Å²) in [5.74, 6) is 2.17. The molecule has 3 aromatic heterocycles. The number of nitrogens with one attached hydrogen (secondary N) is 2. The van der Waals surface area contributed by atoms with Crippen LogP contribution in [0.4, 0.5) is 5.95 Å². The number of aryl methyl sites for hydroxylation is 3. The summed E-state index contributed by atoms with van der Waals surface area (Å²) in [6, 6.07) is 6.73. The summed E-state index contributed by atoms with van der Waals surface area (Å²) in [7, 11) is 1.99. The highest BCUT2D eigenvalue weighted by Crippen LogP contribution is 2.27. The zero-order valence-electron chi connectivity index (χ0n) is 19.1. The Morgan fingerprint density at radius 2 is 1.90 bits per heavy atom. The fraction of sp³-hybridized carbons (Fsp3) is 0.435. The molecular formula is C23H30N8. The van der Waals surface area contributed by atoms with Crippen molar-refractivity contribution in [1.29, 1.82) is 0 Å². The molecule has 1 aromatic carbocycles. The van der Waals surface area contributed by atoms with Gasteiger partial charge >= 0.3 is 0 Å². The van der Waals surface area contributed by atoms with Gasteiger partial charge in [0.1, 0.15) is 11.3 Å². The van der Waals surface area contributed by atoms with Gasteiger partial charge in [-0.1, -0.05) is 39.0 Å². The van der Waals surface area contributed by atoms with Crippen LogP contribution in [0, 0.1) is 13.8 Å². The molecule has 3 heterocycles. The number of hydrogen-bond acceptors (Lipinski definition) is 6. The lowest BCUT2D eigenvalue weighted by Gasteiger charge is -2.21. The number of anilines is 1. The molecule has 4 rings (SSSR count). The van der Waals surface area contributed by atoms with Crippen LogP contribution in [-0.2, 0) is 25.3 Å². The van der Waals surface area contributed by atoms with E-state index in [2.05, 4.69) is 76.4 Å². The van der Waals surface area contributed by atoms with E-state index in [4.69, 9.17) is 4.98 Å². The van der Waals surface area contributed by atoms with Gasteiger partial charge in [-0.3, -0.25) is 5.10 Å². The molecule has 0 bridgehead atoms. The van der Waals surface area contributed by atoms with Gasteiger partial charge in [0.25, 0.3) is 0 Å². The first-order valence-electron chi connectivity index (χ1n) is 10.6. The number of aromatic amines is 1. The minimum absolute atomic E-state index is 0.0986. The molecule has 162 valence electrons. The largest absolute Gasteiger partial charge is 0.354 e. The van der Waals surface area contributed by atoms with Gasteiger partial charge in [0.05, 0.1) is 12.0 Å². The normalized spacial score (nSPS) is 11.9. The van der Waals surface area contributed by atoms with Gasteiger partial charge in [-0.15, -0.1) is 0 Å². The number of hydrogen-bond donors (Lipinski definition) is 2. The SMILES string of the molecule is Cc1nc(CCNc2nc(Cc3cc(C(C)(C)C)ccc3C)c3c(ncn3C)n2)n[nH]1. The number of rotatable bonds is 6. The van der Waals surface area contributed by atoms with Crippen molar-refractivity contribution < 1.29 is 0 Å². The number of aromatic nitrogens is 7. The van der Waals surface area contributed by atoms with E-state index in [0.29, 0.717) is 24.6 Å². The average molecular weight is 419 g/mol. The Kier molecular flexibility index (Phi) is 5.47. The van der Waals surface area contributed by atoms with Gasteiger partial charge in [-0.25, -0.2) is 15.0 Å². The molecule has 2 N–H and O–H groups in total. The molecule has 0 saturated carbocycles. The number of nitrogens with zero attached hydrogens (tertiary/aromatic N) is 6. The summed E-state index contributed by atoms with van der Waals surface area (Å²) in [5.41, 5.74) is 6.59. The second-order valence-electron chi connectivity index (χ2n) is 9.10. The van der Waals surface area contributed by atoms with E-state index in [0.717, 1.165) is 29.3 Å². The van der Waals surface area contributed by atoms with Gasteiger partial charge in [-0.2, -0.15) is 10.1 Å². The summed E-state index contributed by atoms with van der Waals surface area (Å²) in [6.45, 7) is 11.4. The Bertz CT molecular complexity index is 1210. The van der Waals surface area contributed by atoms with Crippen molar-refractivity contribution in [2.45, 2.75) is 52.9 Å². The highest BCUT2D eigenvalue weighted by atomic mass is 15.2. The van der Waals surface area contributed by atoms with Crippen LogP contribution in [0.2, 0.25) is 0 Å². The van der Waals surface area contributed by atoms with E-state index in [-0.39, 0.29) is 5.41 Å². The predicted octanol–water partition coefficient (Wildman–Crippen LogP) is 3.64. The molecular weight excluding hydrogens is 388 g/mol. The summed E-state index contributed by atoms with van der Waals surface area (Å²) < 4.78 is 1.99. The van der Waals surface area contributed by atoms with E-state index >= 15 is 0 Å². The Balaban J connectivity index is 1.63. The monoisotopic (exact) mass is 418 g/mol. The van der Waals surface area contributed by atoms with Crippen molar-refractivity contribution in [1.82, 2.24) is 34.7 Å². The molecule has 0 aliphatic carbocycles. The standard InChI is InChI=1S/C23H30N8/c1-14-7-8-17(23(3,4)5)11-16(14)12-18-20-21(25-13-31(20)6)28-22(27-18)24-10-9-19-26-15(2)29-30-19/h7-8,11,13H,9-10,12H2,1-6H3,(H,24,27,28)(H,26,29,30). The fourth-order valence-corrected chi connectivity index (χ4v) is 3.64. The lowest BCUT2D eigenvalue weighted by atomic mass is 9.84. The lowest BCUT2D eigenvalue weighted by Crippen LogP contribution is -2.13. The fourth-order valence-electron chi connectivity index (χ4n) is 3.64. The molecule has 8 nitrogen and oxygen atoms in total. The zero-order valence-corrected chi connectivity index (χ0v) is 19.1. The molecule has 31 heavy (non-hydrogen) atoms. The topological polar surface area (TPSA) is 97.2 Å². The van der Waals surface area contributed by atoms with Crippen LogP contribution in [-0.4, -0.2) is 41.2 Å². The van der Waals surface area contributed by atoms with Crippen molar-refractivity contribution in [3.05, 3.63) is 58.6 Å². The molecule has 0 unspecified atom stereocenters. The first-order chi connectivity index (χ1) is 14.7. The van der Waals surface area contributed by atoms with Gasteiger partial charge in [0.15, 0.2) is 11.5 Å². The number of imidazole rings is 1. The van der Waals surface area contributed by atoms with Crippen LogP contribution in [0.3, 0.4) is 0 Å². The first-order valence-corrected chi connectivity index (χ1v) is 10.6. The summed E-state index contributed by atoms with van der Waals surface area (Å²) in [6.07, 6.45) is 3.21. The third kappa shape index (κ3) is 4.57. The minimum Gasteiger partial charge on any atom is -0.354 e. The quantitative estimate of drug-likeness (QED) is 0.496. The van der Waals surface area contributed by atoms with Crippen LogP contribution in [0.1, 0.15) is 54.8 Å². The van der Waals surface area contributed by atoms with E-state index in [1.807, 2.05) is 18.5 Å². The van der Waals surface area contributed by atoms with Crippen LogP contribution < -0.4 is 5.32 Å². The molecule has 8 heteroatoms. The van der Waals surface area contributed by atoms with Gasteiger partial charge in [-0.05, 0) is 36.0 Å². The maximum Gasteiger partial charge on any atom is 0.225 e. The predicted molar refractivity (Wildman–Crippen MR) is 122 cm³/mol. The van der Waals surface area contributed by atoms with E-state index in [9.17, 15) is 0 Å². The van der Waals surface area contributed by atoms with Gasteiger partial charge in [0.2, 0.25) is 5.95 Å². The number of fused-ring (bicyclic) bond motifs is 1. The smallest absolute Gasteiger partial charge is 0.225 e. The van der Waals surface area contributed by atoms with Crippen LogP contribution in [0.25, 0.3) is 11.2 Å².